The number of piperidine rings is 2. The van der Waals surface area contributed by atoms with Crippen LogP contribution in [0.5, 0.6) is 5.75 Å². The highest BCUT2D eigenvalue weighted by molar-refractivity contribution is 6.45. The summed E-state index contributed by atoms with van der Waals surface area (Å²) in [5, 5.41) is 0.356. The maximum atomic E-state index is 13.8. The molecular formula is C33H39FN4O5. The standard InChI is InChI=1S/C33H39FN4O5/c1-21-9-13-37(14-10-21)32(41)30(39)27-20-38(33(42)35(2)3)28-19-29(43-4)26(18-25(27)28)31(40)36-15-11-23(12-16-36)17-22-5-7-24(34)8-6-22/h5-8,18-21,23H,9-17H2,1-4H3. The number of rotatable bonds is 6. The number of benzene rings is 2. The molecule has 5 rings (SSSR count). The molecule has 9 nitrogen and oxygen atoms in total. The van der Waals surface area contributed by atoms with E-state index in [2.05, 4.69) is 6.92 Å². The monoisotopic (exact) mass is 590 g/mol. The molecule has 3 aromatic rings. The third-order valence-electron chi connectivity index (χ3n) is 8.79. The molecule has 2 fully saturated rings. The van der Waals surface area contributed by atoms with Crippen LogP contribution in [-0.4, -0.2) is 90.3 Å². The van der Waals surface area contributed by atoms with E-state index in [1.54, 1.807) is 48.2 Å². The van der Waals surface area contributed by atoms with E-state index >= 15 is 0 Å². The van der Waals surface area contributed by atoms with Crippen molar-refractivity contribution < 1.29 is 28.3 Å². The van der Waals surface area contributed by atoms with Crippen LogP contribution in [0.1, 0.15) is 58.9 Å². The van der Waals surface area contributed by atoms with Gasteiger partial charge in [0, 0.05) is 57.9 Å². The van der Waals surface area contributed by atoms with Gasteiger partial charge in [-0.1, -0.05) is 19.1 Å². The van der Waals surface area contributed by atoms with Crippen LogP contribution < -0.4 is 4.74 Å². The van der Waals surface area contributed by atoms with Gasteiger partial charge in [0.15, 0.2) is 0 Å². The minimum Gasteiger partial charge on any atom is -0.496 e. The molecule has 0 spiro atoms. The van der Waals surface area contributed by atoms with Crippen molar-refractivity contribution in [2.75, 3.05) is 47.4 Å². The Hall–Kier alpha value is -4.21. The van der Waals surface area contributed by atoms with Gasteiger partial charge in [0.1, 0.15) is 11.6 Å². The molecule has 3 amide bonds. The first-order valence-corrected chi connectivity index (χ1v) is 14.9. The van der Waals surface area contributed by atoms with Crippen LogP contribution >= 0.6 is 0 Å². The van der Waals surface area contributed by atoms with E-state index in [4.69, 9.17) is 4.74 Å². The summed E-state index contributed by atoms with van der Waals surface area (Å²) in [7, 11) is 4.66. The smallest absolute Gasteiger partial charge is 0.328 e. The van der Waals surface area contributed by atoms with Crippen molar-refractivity contribution in [3.05, 3.63) is 65.1 Å². The van der Waals surface area contributed by atoms with Crippen LogP contribution in [0.15, 0.2) is 42.6 Å². The lowest BCUT2D eigenvalue weighted by Gasteiger charge is -2.32. The summed E-state index contributed by atoms with van der Waals surface area (Å²) < 4.78 is 20.2. The minimum atomic E-state index is -0.699. The molecule has 1 aromatic heterocycles. The summed E-state index contributed by atoms with van der Waals surface area (Å²) in [4.78, 5) is 58.5. The number of ether oxygens (including phenoxy) is 1. The molecule has 10 heteroatoms. The van der Waals surface area contributed by atoms with Crippen molar-refractivity contribution in [2.24, 2.45) is 11.8 Å². The Kier molecular flexibility index (Phi) is 8.84. The van der Waals surface area contributed by atoms with Crippen LogP contribution in [-0.2, 0) is 11.2 Å². The summed E-state index contributed by atoms with van der Waals surface area (Å²) in [5.41, 5.74) is 1.81. The van der Waals surface area contributed by atoms with Crippen molar-refractivity contribution in [3.8, 4) is 5.75 Å². The molecule has 0 radical (unpaired) electrons. The topological polar surface area (TPSA) is 92.2 Å². The molecule has 0 N–H and O–H groups in total. The van der Waals surface area contributed by atoms with E-state index in [1.807, 2.05) is 0 Å². The van der Waals surface area contributed by atoms with E-state index in [0.717, 1.165) is 37.7 Å². The molecule has 2 saturated heterocycles. The third-order valence-corrected chi connectivity index (χ3v) is 8.79. The van der Waals surface area contributed by atoms with Crippen LogP contribution in [0.2, 0.25) is 0 Å². The molecule has 0 saturated carbocycles. The Morgan fingerprint density at radius 2 is 1.53 bits per heavy atom. The fourth-order valence-electron chi connectivity index (χ4n) is 6.08. The SMILES string of the molecule is COc1cc2c(cc1C(=O)N1CCC(Cc3ccc(F)cc3)CC1)c(C(=O)C(=O)N1CCC(C)CC1)cn2C(=O)N(C)C. The first-order chi connectivity index (χ1) is 20.6. The van der Waals surface area contributed by atoms with Crippen LogP contribution in [0.4, 0.5) is 9.18 Å². The molecule has 0 atom stereocenters. The molecular weight excluding hydrogens is 551 g/mol. The van der Waals surface area contributed by atoms with Gasteiger partial charge in [0.25, 0.3) is 17.6 Å². The second kappa shape index (κ2) is 12.6. The second-order valence-corrected chi connectivity index (χ2v) is 12.0. The molecule has 0 bridgehead atoms. The van der Waals surface area contributed by atoms with E-state index in [-0.39, 0.29) is 28.6 Å². The van der Waals surface area contributed by atoms with Gasteiger partial charge >= 0.3 is 6.03 Å². The van der Waals surface area contributed by atoms with Crippen LogP contribution in [0.25, 0.3) is 10.9 Å². The Labute approximate surface area is 251 Å². The van der Waals surface area contributed by atoms with Crippen molar-refractivity contribution >= 4 is 34.5 Å². The molecule has 0 aliphatic carbocycles. The van der Waals surface area contributed by atoms with Gasteiger partial charge in [-0.25, -0.2) is 9.18 Å². The summed E-state index contributed by atoms with van der Waals surface area (Å²) in [6, 6.07) is 9.32. The zero-order chi connectivity index (χ0) is 30.8. The Morgan fingerprint density at radius 1 is 0.907 bits per heavy atom. The lowest BCUT2D eigenvalue weighted by molar-refractivity contribution is -0.127. The predicted molar refractivity (Wildman–Crippen MR) is 161 cm³/mol. The molecule has 228 valence electrons. The van der Waals surface area contributed by atoms with Crippen LogP contribution in [0.3, 0.4) is 0 Å². The Balaban J connectivity index is 1.43. The summed E-state index contributed by atoms with van der Waals surface area (Å²) in [6.45, 7) is 4.24. The lowest BCUT2D eigenvalue weighted by atomic mass is 9.90. The fourth-order valence-corrected chi connectivity index (χ4v) is 6.08. The normalized spacial score (nSPS) is 16.4. The second-order valence-electron chi connectivity index (χ2n) is 12.0. The number of ketones is 1. The number of aromatic nitrogens is 1. The highest BCUT2D eigenvalue weighted by Gasteiger charge is 2.32. The van der Waals surface area contributed by atoms with E-state index in [9.17, 15) is 23.6 Å². The quantitative estimate of drug-likeness (QED) is 0.302. The van der Waals surface area contributed by atoms with Gasteiger partial charge in [0.05, 0.1) is 23.8 Å². The van der Waals surface area contributed by atoms with Gasteiger partial charge < -0.3 is 19.4 Å². The number of fused-ring (bicyclic) bond motifs is 1. The molecule has 2 aliphatic rings. The van der Waals surface area contributed by atoms with Crippen molar-refractivity contribution in [1.29, 1.82) is 0 Å². The zero-order valence-corrected chi connectivity index (χ0v) is 25.3. The van der Waals surface area contributed by atoms with E-state index in [1.165, 1.54) is 34.9 Å². The van der Waals surface area contributed by atoms with Gasteiger partial charge in [-0.15, -0.1) is 0 Å². The number of hydrogen-bond donors (Lipinski definition) is 0. The van der Waals surface area contributed by atoms with Gasteiger partial charge in [-0.2, -0.15) is 0 Å². The highest BCUT2D eigenvalue weighted by Crippen LogP contribution is 2.33. The number of carbonyl (C=O) groups is 4. The minimum absolute atomic E-state index is 0.0866. The number of amides is 3. The largest absolute Gasteiger partial charge is 0.496 e. The average Bonchev–Trinajstić information content (AvgIpc) is 3.39. The molecule has 43 heavy (non-hydrogen) atoms. The third kappa shape index (κ3) is 6.28. The summed E-state index contributed by atoms with van der Waals surface area (Å²) in [6.07, 6.45) is 5.48. The first kappa shape index (κ1) is 30.3. The number of methoxy groups -OCH3 is 1. The number of halogens is 1. The molecule has 2 aliphatic heterocycles. The highest BCUT2D eigenvalue weighted by atomic mass is 19.1. The molecule has 0 unspecified atom stereocenters. The van der Waals surface area contributed by atoms with Gasteiger partial charge in [-0.3, -0.25) is 19.0 Å². The maximum Gasteiger partial charge on any atom is 0.328 e. The summed E-state index contributed by atoms with van der Waals surface area (Å²) in [5.74, 6) is -0.643. The Morgan fingerprint density at radius 3 is 2.14 bits per heavy atom. The lowest BCUT2D eigenvalue weighted by Crippen LogP contribution is -2.41. The van der Waals surface area contributed by atoms with Gasteiger partial charge in [-0.05, 0) is 67.7 Å². The zero-order valence-electron chi connectivity index (χ0n) is 25.3. The number of carbonyl (C=O) groups excluding carboxylic acids is 4. The van der Waals surface area contributed by atoms with Gasteiger partial charge in [0.2, 0.25) is 0 Å². The number of nitrogens with zero attached hydrogens (tertiary/aromatic N) is 4. The predicted octanol–water partition coefficient (Wildman–Crippen LogP) is 4.85. The van der Waals surface area contributed by atoms with Crippen molar-refractivity contribution in [3.63, 3.8) is 0 Å². The number of Topliss-reactive ketones (excluding diaryl/α,β-unsaturated/α-hetero) is 1. The van der Waals surface area contributed by atoms with Crippen LogP contribution in [0, 0.1) is 17.7 Å². The molecule has 2 aromatic carbocycles. The van der Waals surface area contributed by atoms with E-state index in [0.29, 0.717) is 48.9 Å². The number of hydrogen-bond acceptors (Lipinski definition) is 5. The fraction of sp³-hybridized carbons (Fsp3) is 0.455. The van der Waals surface area contributed by atoms with Crippen molar-refractivity contribution in [1.82, 2.24) is 19.3 Å². The maximum absolute atomic E-state index is 13.8. The molecule has 3 heterocycles. The average molecular weight is 591 g/mol. The Bertz CT molecular complexity index is 1530. The van der Waals surface area contributed by atoms with E-state index < -0.39 is 17.7 Å². The first-order valence-electron chi connectivity index (χ1n) is 14.9. The summed E-state index contributed by atoms with van der Waals surface area (Å²) >= 11 is 0. The number of likely N-dealkylation sites (tertiary alicyclic amines) is 2. The van der Waals surface area contributed by atoms with Crippen molar-refractivity contribution in [2.45, 2.75) is 39.0 Å².